The standard InChI is InChI=1S/C16H19NO5/c18-15(17-7-8-21-14(9-17)16(19)20)12-3-5-13(6-4-12)22-10-11-1-2-11/h3-6,11,14H,1-2,7-10H2,(H,19,20). The zero-order chi connectivity index (χ0) is 15.5. The molecule has 1 N–H and O–H groups in total. The van der Waals surface area contributed by atoms with E-state index in [-0.39, 0.29) is 19.1 Å². The van der Waals surface area contributed by atoms with E-state index in [9.17, 15) is 9.59 Å². The van der Waals surface area contributed by atoms with Gasteiger partial charge in [0.25, 0.3) is 5.91 Å². The molecule has 6 heteroatoms. The van der Waals surface area contributed by atoms with Gasteiger partial charge in [-0.05, 0) is 43.0 Å². The van der Waals surface area contributed by atoms with Gasteiger partial charge in [-0.15, -0.1) is 0 Å². The Morgan fingerprint density at radius 2 is 2.00 bits per heavy atom. The van der Waals surface area contributed by atoms with E-state index in [1.54, 1.807) is 24.3 Å². The van der Waals surface area contributed by atoms with Gasteiger partial charge in [-0.25, -0.2) is 4.79 Å². The van der Waals surface area contributed by atoms with Crippen molar-refractivity contribution in [3.05, 3.63) is 29.8 Å². The average Bonchev–Trinajstić information content (AvgIpc) is 3.37. The molecule has 1 saturated carbocycles. The summed E-state index contributed by atoms with van der Waals surface area (Å²) in [7, 11) is 0. The predicted octanol–water partition coefficient (Wildman–Crippen LogP) is 1.40. The molecule has 1 unspecified atom stereocenters. The SMILES string of the molecule is O=C(O)C1CN(C(=O)c2ccc(OCC3CC3)cc2)CCO1. The van der Waals surface area contributed by atoms with Gasteiger partial charge in [0.05, 0.1) is 19.8 Å². The summed E-state index contributed by atoms with van der Waals surface area (Å²) in [6.07, 6.45) is 1.52. The number of carboxylic acid groups (broad SMARTS) is 1. The second kappa shape index (κ2) is 6.36. The summed E-state index contributed by atoms with van der Waals surface area (Å²) in [5.74, 6) is 0.223. The molecule has 22 heavy (non-hydrogen) atoms. The zero-order valence-electron chi connectivity index (χ0n) is 12.2. The normalized spacial score (nSPS) is 21.5. The number of nitrogens with zero attached hydrogens (tertiary/aromatic N) is 1. The van der Waals surface area contributed by atoms with Crippen molar-refractivity contribution in [2.75, 3.05) is 26.3 Å². The smallest absolute Gasteiger partial charge is 0.334 e. The summed E-state index contributed by atoms with van der Waals surface area (Å²) >= 11 is 0. The Morgan fingerprint density at radius 3 is 2.64 bits per heavy atom. The number of rotatable bonds is 5. The van der Waals surface area contributed by atoms with Crippen LogP contribution in [0.4, 0.5) is 0 Å². The number of aliphatic carboxylic acids is 1. The van der Waals surface area contributed by atoms with Crippen LogP contribution in [0.1, 0.15) is 23.2 Å². The highest BCUT2D eigenvalue weighted by atomic mass is 16.5. The molecule has 1 heterocycles. The largest absolute Gasteiger partial charge is 0.493 e. The highest BCUT2D eigenvalue weighted by Gasteiger charge is 2.29. The minimum absolute atomic E-state index is 0.0775. The maximum Gasteiger partial charge on any atom is 0.334 e. The lowest BCUT2D eigenvalue weighted by Gasteiger charge is -2.30. The van der Waals surface area contributed by atoms with Crippen LogP contribution >= 0.6 is 0 Å². The summed E-state index contributed by atoms with van der Waals surface area (Å²) in [6.45, 7) is 1.46. The Morgan fingerprint density at radius 1 is 1.27 bits per heavy atom. The third-order valence-electron chi connectivity index (χ3n) is 3.91. The molecule has 0 spiro atoms. The molecule has 1 atom stereocenters. The van der Waals surface area contributed by atoms with Gasteiger partial charge in [0.2, 0.25) is 0 Å². The van der Waals surface area contributed by atoms with Crippen molar-refractivity contribution in [3.8, 4) is 5.75 Å². The first-order chi connectivity index (χ1) is 10.6. The van der Waals surface area contributed by atoms with E-state index in [1.165, 1.54) is 17.7 Å². The molecule has 1 saturated heterocycles. The van der Waals surface area contributed by atoms with Crippen molar-refractivity contribution < 1.29 is 24.2 Å². The van der Waals surface area contributed by atoms with Gasteiger partial charge >= 0.3 is 5.97 Å². The van der Waals surface area contributed by atoms with Crippen LogP contribution < -0.4 is 4.74 Å². The van der Waals surface area contributed by atoms with Gasteiger partial charge in [0.15, 0.2) is 6.10 Å². The van der Waals surface area contributed by atoms with Crippen LogP contribution in [0.2, 0.25) is 0 Å². The van der Waals surface area contributed by atoms with Gasteiger partial charge in [-0.2, -0.15) is 0 Å². The minimum atomic E-state index is -1.04. The van der Waals surface area contributed by atoms with Crippen molar-refractivity contribution in [2.24, 2.45) is 5.92 Å². The lowest BCUT2D eigenvalue weighted by Crippen LogP contribution is -2.48. The van der Waals surface area contributed by atoms with E-state index in [4.69, 9.17) is 14.6 Å². The fourth-order valence-electron chi connectivity index (χ4n) is 2.36. The molecule has 0 bridgehead atoms. The van der Waals surface area contributed by atoms with Crippen LogP contribution in [0, 0.1) is 5.92 Å². The molecule has 2 aliphatic rings. The third kappa shape index (κ3) is 3.57. The molecule has 118 valence electrons. The Labute approximate surface area is 128 Å². The summed E-state index contributed by atoms with van der Waals surface area (Å²) in [5.41, 5.74) is 0.532. The Kier molecular flexibility index (Phi) is 4.29. The van der Waals surface area contributed by atoms with Gasteiger partial charge < -0.3 is 19.5 Å². The molecular formula is C16H19NO5. The molecular weight excluding hydrogens is 286 g/mol. The van der Waals surface area contributed by atoms with Crippen molar-refractivity contribution in [2.45, 2.75) is 18.9 Å². The molecule has 6 nitrogen and oxygen atoms in total. The van der Waals surface area contributed by atoms with Crippen molar-refractivity contribution in [3.63, 3.8) is 0 Å². The second-order valence-electron chi connectivity index (χ2n) is 5.73. The quantitative estimate of drug-likeness (QED) is 0.890. The van der Waals surface area contributed by atoms with E-state index in [2.05, 4.69) is 0 Å². The fourth-order valence-corrected chi connectivity index (χ4v) is 2.36. The first-order valence-electron chi connectivity index (χ1n) is 7.50. The first-order valence-corrected chi connectivity index (χ1v) is 7.50. The molecule has 1 aromatic rings. The summed E-state index contributed by atoms with van der Waals surface area (Å²) in [6, 6.07) is 7.00. The fraction of sp³-hybridized carbons (Fsp3) is 0.500. The van der Waals surface area contributed by atoms with Crippen LogP contribution in [0.15, 0.2) is 24.3 Å². The summed E-state index contributed by atoms with van der Waals surface area (Å²) < 4.78 is 10.8. The lowest BCUT2D eigenvalue weighted by atomic mass is 10.1. The summed E-state index contributed by atoms with van der Waals surface area (Å²) in [4.78, 5) is 24.9. The van der Waals surface area contributed by atoms with E-state index in [0.29, 0.717) is 18.0 Å². The molecule has 0 aromatic heterocycles. The van der Waals surface area contributed by atoms with Crippen LogP contribution in [0.3, 0.4) is 0 Å². The zero-order valence-corrected chi connectivity index (χ0v) is 12.2. The van der Waals surface area contributed by atoms with Crippen molar-refractivity contribution in [1.29, 1.82) is 0 Å². The van der Waals surface area contributed by atoms with Gasteiger partial charge in [-0.3, -0.25) is 4.79 Å². The van der Waals surface area contributed by atoms with Crippen molar-refractivity contribution >= 4 is 11.9 Å². The number of morpholine rings is 1. The Hall–Kier alpha value is -2.08. The number of benzene rings is 1. The van der Waals surface area contributed by atoms with Crippen molar-refractivity contribution in [1.82, 2.24) is 4.90 Å². The number of amides is 1. The minimum Gasteiger partial charge on any atom is -0.493 e. The number of carbonyl (C=O) groups excluding carboxylic acids is 1. The van der Waals surface area contributed by atoms with Crippen LogP contribution in [-0.2, 0) is 9.53 Å². The second-order valence-corrected chi connectivity index (χ2v) is 5.73. The van der Waals surface area contributed by atoms with Crippen LogP contribution in [0.25, 0.3) is 0 Å². The maximum absolute atomic E-state index is 12.4. The number of carbonyl (C=O) groups is 2. The topological polar surface area (TPSA) is 76.1 Å². The Bertz CT molecular complexity index is 552. The summed E-state index contributed by atoms with van der Waals surface area (Å²) in [5, 5.41) is 8.97. The highest BCUT2D eigenvalue weighted by molar-refractivity contribution is 5.94. The van der Waals surface area contributed by atoms with Gasteiger partial charge in [0.1, 0.15) is 5.75 Å². The van der Waals surface area contributed by atoms with E-state index in [1.807, 2.05) is 0 Å². The number of hydrogen-bond donors (Lipinski definition) is 1. The predicted molar refractivity (Wildman–Crippen MR) is 77.9 cm³/mol. The van der Waals surface area contributed by atoms with E-state index >= 15 is 0 Å². The maximum atomic E-state index is 12.4. The lowest BCUT2D eigenvalue weighted by molar-refractivity contribution is -0.154. The Balaban J connectivity index is 1.59. The van der Waals surface area contributed by atoms with Gasteiger partial charge in [-0.1, -0.05) is 0 Å². The van der Waals surface area contributed by atoms with Gasteiger partial charge in [0, 0.05) is 12.1 Å². The van der Waals surface area contributed by atoms with E-state index in [0.717, 1.165) is 12.4 Å². The van der Waals surface area contributed by atoms with Crippen LogP contribution in [0.5, 0.6) is 5.75 Å². The highest BCUT2D eigenvalue weighted by Crippen LogP contribution is 2.29. The molecule has 1 amide bonds. The number of carboxylic acids is 1. The number of ether oxygens (including phenoxy) is 2. The monoisotopic (exact) mass is 305 g/mol. The molecule has 1 aliphatic heterocycles. The molecule has 1 aromatic carbocycles. The molecule has 0 radical (unpaired) electrons. The first kappa shape index (κ1) is 14.8. The third-order valence-corrected chi connectivity index (χ3v) is 3.91. The number of hydrogen-bond acceptors (Lipinski definition) is 4. The molecule has 1 aliphatic carbocycles. The molecule has 2 fully saturated rings. The van der Waals surface area contributed by atoms with Crippen LogP contribution in [-0.4, -0.2) is 54.3 Å². The average molecular weight is 305 g/mol. The molecule has 3 rings (SSSR count). The van der Waals surface area contributed by atoms with E-state index < -0.39 is 12.1 Å².